The van der Waals surface area contributed by atoms with Gasteiger partial charge in [-0.2, -0.15) is 0 Å². The van der Waals surface area contributed by atoms with Crippen molar-refractivity contribution in [1.29, 1.82) is 0 Å². The van der Waals surface area contributed by atoms with Gasteiger partial charge in [-0.15, -0.1) is 0 Å². The van der Waals surface area contributed by atoms with Crippen LogP contribution in [0, 0.1) is 0 Å². The van der Waals surface area contributed by atoms with Crippen molar-refractivity contribution in [3.8, 4) is 0 Å². The van der Waals surface area contributed by atoms with E-state index in [0.29, 0.717) is 0 Å². The number of hydrogen-bond acceptors (Lipinski definition) is 0. The van der Waals surface area contributed by atoms with Crippen molar-refractivity contribution in [2.45, 2.75) is 40.5 Å². The Hall–Kier alpha value is -0.780. The van der Waals surface area contributed by atoms with E-state index in [0.717, 1.165) is 12.8 Å². The Morgan fingerprint density at radius 1 is 1.17 bits per heavy atom. The van der Waals surface area contributed by atoms with Crippen LogP contribution in [-0.4, -0.2) is 0 Å². The molecule has 0 amide bonds. The highest BCUT2D eigenvalue weighted by atomic mass is 13.9. The topological polar surface area (TPSA) is 0 Å². The van der Waals surface area contributed by atoms with Gasteiger partial charge in [0.05, 0.1) is 0 Å². The van der Waals surface area contributed by atoms with E-state index < -0.39 is 0 Å². The zero-order valence-corrected chi connectivity index (χ0v) is 8.72. The molecule has 0 atom stereocenters. The van der Waals surface area contributed by atoms with E-state index >= 15 is 0 Å². The van der Waals surface area contributed by atoms with Crippen LogP contribution in [0.2, 0.25) is 0 Å². The summed E-state index contributed by atoms with van der Waals surface area (Å²) in [4.78, 5) is 0. The van der Waals surface area contributed by atoms with Crippen molar-refractivity contribution in [3.63, 3.8) is 0 Å². The molecule has 0 heteroatoms. The van der Waals surface area contributed by atoms with Crippen LogP contribution in [0.4, 0.5) is 0 Å². The van der Waals surface area contributed by atoms with Crippen LogP contribution in [0.25, 0.3) is 0 Å². The van der Waals surface area contributed by atoms with Gasteiger partial charge in [0.25, 0.3) is 0 Å². The normalized spacial score (nSPS) is 12.2. The first-order valence-electron chi connectivity index (χ1n) is 4.62. The molecule has 0 aliphatic carbocycles. The van der Waals surface area contributed by atoms with Crippen molar-refractivity contribution in [3.05, 3.63) is 35.5 Å². The van der Waals surface area contributed by atoms with Crippen LogP contribution < -0.4 is 0 Å². The van der Waals surface area contributed by atoms with Crippen molar-refractivity contribution in [2.24, 2.45) is 0 Å². The van der Waals surface area contributed by atoms with Gasteiger partial charge in [-0.25, -0.2) is 0 Å². The third-order valence-corrected chi connectivity index (χ3v) is 1.74. The lowest BCUT2D eigenvalue weighted by Gasteiger charge is -1.97. The summed E-state index contributed by atoms with van der Waals surface area (Å²) in [6.07, 6.45) is 11.1. The van der Waals surface area contributed by atoms with Crippen LogP contribution in [0.3, 0.4) is 0 Å². The van der Waals surface area contributed by atoms with Crippen molar-refractivity contribution < 1.29 is 0 Å². The van der Waals surface area contributed by atoms with Gasteiger partial charge >= 0.3 is 0 Å². The second-order valence-corrected chi connectivity index (χ2v) is 3.18. The lowest BCUT2D eigenvalue weighted by molar-refractivity contribution is 0.990. The molecular weight excluding hydrogens is 144 g/mol. The fraction of sp³-hybridized carbons (Fsp3) is 0.500. The molecule has 0 aliphatic rings. The third-order valence-electron chi connectivity index (χ3n) is 1.74. The summed E-state index contributed by atoms with van der Waals surface area (Å²) >= 11 is 0. The van der Waals surface area contributed by atoms with Crippen LogP contribution in [0.15, 0.2) is 35.5 Å². The molecule has 0 rings (SSSR count). The summed E-state index contributed by atoms with van der Waals surface area (Å²) in [6, 6.07) is 0. The largest absolute Gasteiger partial charge is 0.0874 e. The predicted octanol–water partition coefficient (Wildman–Crippen LogP) is 4.26. The maximum absolute atomic E-state index is 2.28. The Morgan fingerprint density at radius 3 is 2.25 bits per heavy atom. The van der Waals surface area contributed by atoms with Gasteiger partial charge in [0.2, 0.25) is 0 Å². The molecule has 0 spiro atoms. The van der Waals surface area contributed by atoms with Gasteiger partial charge < -0.3 is 0 Å². The van der Waals surface area contributed by atoms with Crippen LogP contribution >= 0.6 is 0 Å². The first-order valence-corrected chi connectivity index (χ1v) is 4.62. The zero-order chi connectivity index (χ0) is 9.40. The molecule has 0 aromatic heterocycles. The highest BCUT2D eigenvalue weighted by Gasteiger charge is 1.88. The number of rotatable bonds is 4. The molecule has 0 radical (unpaired) electrons. The fourth-order valence-corrected chi connectivity index (χ4v) is 1.07. The molecule has 0 aromatic carbocycles. The second-order valence-electron chi connectivity index (χ2n) is 3.18. The van der Waals surface area contributed by atoms with Gasteiger partial charge in [-0.1, -0.05) is 35.5 Å². The standard InChI is InChI=1S/C12H20/c1-5-8-12(6-2)10-7-9-11(3)4/h5-6,8-9H,7,10H2,1-4H3. The van der Waals surface area contributed by atoms with Gasteiger partial charge in [-0.3, -0.25) is 0 Å². The molecular formula is C12H20. The summed E-state index contributed by atoms with van der Waals surface area (Å²) in [5, 5.41) is 0. The Morgan fingerprint density at radius 2 is 1.83 bits per heavy atom. The summed E-state index contributed by atoms with van der Waals surface area (Å²) in [7, 11) is 0. The van der Waals surface area contributed by atoms with Crippen molar-refractivity contribution >= 4 is 0 Å². The fourth-order valence-electron chi connectivity index (χ4n) is 1.07. The highest BCUT2D eigenvalue weighted by Crippen LogP contribution is 2.08. The number of hydrogen-bond donors (Lipinski definition) is 0. The van der Waals surface area contributed by atoms with E-state index in [4.69, 9.17) is 0 Å². The van der Waals surface area contributed by atoms with Crippen LogP contribution in [-0.2, 0) is 0 Å². The van der Waals surface area contributed by atoms with E-state index in [1.807, 2.05) is 0 Å². The van der Waals surface area contributed by atoms with Crippen molar-refractivity contribution in [1.82, 2.24) is 0 Å². The van der Waals surface area contributed by atoms with E-state index in [1.54, 1.807) is 0 Å². The molecule has 0 heterocycles. The van der Waals surface area contributed by atoms with E-state index in [-0.39, 0.29) is 0 Å². The van der Waals surface area contributed by atoms with E-state index in [1.165, 1.54) is 11.1 Å². The second kappa shape index (κ2) is 6.90. The molecule has 68 valence electrons. The summed E-state index contributed by atoms with van der Waals surface area (Å²) in [5.41, 5.74) is 2.83. The maximum atomic E-state index is 2.28. The summed E-state index contributed by atoms with van der Waals surface area (Å²) in [6.45, 7) is 8.44. The van der Waals surface area contributed by atoms with Gasteiger partial charge in [-0.05, 0) is 40.5 Å². The van der Waals surface area contributed by atoms with Crippen LogP contribution in [0.1, 0.15) is 40.5 Å². The lowest BCUT2D eigenvalue weighted by Crippen LogP contribution is -1.77. The smallest absolute Gasteiger partial charge is 0.0247 e. The maximum Gasteiger partial charge on any atom is -0.0247 e. The van der Waals surface area contributed by atoms with E-state index in [9.17, 15) is 0 Å². The van der Waals surface area contributed by atoms with Crippen molar-refractivity contribution in [2.75, 3.05) is 0 Å². The minimum atomic E-state index is 1.16. The minimum Gasteiger partial charge on any atom is -0.0874 e. The molecule has 12 heavy (non-hydrogen) atoms. The third kappa shape index (κ3) is 5.96. The average Bonchev–Trinajstić information content (AvgIpc) is 2.02. The first-order chi connectivity index (χ1) is 5.70. The molecule has 0 fully saturated rings. The van der Waals surface area contributed by atoms with Gasteiger partial charge in [0.1, 0.15) is 0 Å². The van der Waals surface area contributed by atoms with Crippen LogP contribution in [0.5, 0.6) is 0 Å². The molecule has 0 nitrogen and oxygen atoms in total. The molecule has 0 aliphatic heterocycles. The molecule has 0 saturated carbocycles. The monoisotopic (exact) mass is 164 g/mol. The molecule has 0 aromatic rings. The molecule has 0 N–H and O–H groups in total. The average molecular weight is 164 g/mol. The summed E-state index contributed by atoms with van der Waals surface area (Å²) < 4.78 is 0. The predicted molar refractivity (Wildman–Crippen MR) is 57.2 cm³/mol. The molecule has 0 saturated heterocycles. The minimum absolute atomic E-state index is 1.16. The summed E-state index contributed by atoms with van der Waals surface area (Å²) in [5.74, 6) is 0. The quantitative estimate of drug-likeness (QED) is 0.430. The highest BCUT2D eigenvalue weighted by molar-refractivity contribution is 5.17. The number of allylic oxidation sites excluding steroid dienone is 6. The van der Waals surface area contributed by atoms with Gasteiger partial charge in [0, 0.05) is 0 Å². The molecule has 0 bridgehead atoms. The Balaban J connectivity index is 3.83. The Kier molecular flexibility index (Phi) is 6.45. The zero-order valence-electron chi connectivity index (χ0n) is 8.72. The lowest BCUT2D eigenvalue weighted by atomic mass is 10.1. The molecule has 0 unspecified atom stereocenters. The SMILES string of the molecule is CC=CC(=CC)CCC=C(C)C. The van der Waals surface area contributed by atoms with E-state index in [2.05, 4.69) is 52.0 Å². The Labute approximate surface area is 76.7 Å². The first kappa shape index (κ1) is 11.2. The Bertz CT molecular complexity index is 188. The van der Waals surface area contributed by atoms with Gasteiger partial charge in [0.15, 0.2) is 0 Å².